The van der Waals surface area contributed by atoms with Gasteiger partial charge in [-0.25, -0.2) is 0 Å². The molecule has 0 aromatic heterocycles. The maximum Gasteiger partial charge on any atom is 0.0382 e. The number of hydrogen-bond acceptors (Lipinski definition) is 2. The summed E-state index contributed by atoms with van der Waals surface area (Å²) in [6, 6.07) is 8.96. The van der Waals surface area contributed by atoms with E-state index in [-0.39, 0.29) is 0 Å². The topological polar surface area (TPSA) is 29.3 Å². The largest absolute Gasteiger partial charge is 0.330 e. The number of benzene rings is 1. The molecule has 84 valence electrons. The third-order valence-corrected chi connectivity index (χ3v) is 2.97. The van der Waals surface area contributed by atoms with Gasteiger partial charge in [0, 0.05) is 6.04 Å². The Morgan fingerprint density at radius 3 is 2.33 bits per heavy atom. The molecule has 0 saturated carbocycles. The summed E-state index contributed by atoms with van der Waals surface area (Å²) in [4.78, 5) is 2.25. The van der Waals surface area contributed by atoms with Crippen LogP contribution in [0.15, 0.2) is 24.3 Å². The second-order valence-electron chi connectivity index (χ2n) is 4.48. The Hall–Kier alpha value is -0.860. The first-order valence-corrected chi connectivity index (χ1v) is 5.50. The van der Waals surface area contributed by atoms with Crippen molar-refractivity contribution in [1.29, 1.82) is 0 Å². The zero-order valence-electron chi connectivity index (χ0n) is 10.2. The van der Waals surface area contributed by atoms with E-state index in [1.54, 1.807) is 0 Å². The maximum atomic E-state index is 5.77. The van der Waals surface area contributed by atoms with Gasteiger partial charge in [0.25, 0.3) is 0 Å². The van der Waals surface area contributed by atoms with Gasteiger partial charge in [-0.2, -0.15) is 0 Å². The van der Waals surface area contributed by atoms with Crippen molar-refractivity contribution >= 4 is 0 Å². The smallest absolute Gasteiger partial charge is 0.0382 e. The molecule has 0 bridgehead atoms. The van der Waals surface area contributed by atoms with Gasteiger partial charge in [-0.3, -0.25) is 0 Å². The zero-order valence-corrected chi connectivity index (χ0v) is 10.2. The Labute approximate surface area is 93.1 Å². The Morgan fingerprint density at radius 1 is 1.27 bits per heavy atom. The molecule has 1 aromatic carbocycles. The van der Waals surface area contributed by atoms with Crippen molar-refractivity contribution in [3.05, 3.63) is 35.4 Å². The highest BCUT2D eigenvalue weighted by molar-refractivity contribution is 5.29. The third-order valence-electron chi connectivity index (χ3n) is 2.97. The first-order valence-electron chi connectivity index (χ1n) is 5.50. The predicted molar refractivity (Wildman–Crippen MR) is 65.8 cm³/mol. The minimum absolute atomic E-state index is 0.413. The SMILES string of the molecule is Cc1ccccc1C(C(C)CN)N(C)C. The van der Waals surface area contributed by atoms with Gasteiger partial charge in [-0.15, -0.1) is 0 Å². The molecule has 0 heterocycles. The van der Waals surface area contributed by atoms with E-state index >= 15 is 0 Å². The van der Waals surface area contributed by atoms with E-state index in [1.807, 2.05) is 0 Å². The summed E-state index contributed by atoms with van der Waals surface area (Å²) >= 11 is 0. The van der Waals surface area contributed by atoms with E-state index < -0.39 is 0 Å². The summed E-state index contributed by atoms with van der Waals surface area (Å²) < 4.78 is 0. The van der Waals surface area contributed by atoms with Gasteiger partial charge >= 0.3 is 0 Å². The van der Waals surface area contributed by atoms with Crippen LogP contribution in [0.4, 0.5) is 0 Å². The molecule has 2 atom stereocenters. The van der Waals surface area contributed by atoms with Gasteiger partial charge in [0.2, 0.25) is 0 Å². The number of aryl methyl sites for hydroxylation is 1. The molecule has 1 rings (SSSR count). The molecule has 2 N–H and O–H groups in total. The van der Waals surface area contributed by atoms with Crippen molar-refractivity contribution in [2.75, 3.05) is 20.6 Å². The molecule has 0 amide bonds. The Balaban J connectivity index is 3.04. The first kappa shape index (κ1) is 12.2. The van der Waals surface area contributed by atoms with Gasteiger partial charge in [-0.05, 0) is 44.6 Å². The molecule has 0 fully saturated rings. The molecule has 15 heavy (non-hydrogen) atoms. The quantitative estimate of drug-likeness (QED) is 0.818. The van der Waals surface area contributed by atoms with Crippen molar-refractivity contribution in [3.63, 3.8) is 0 Å². The number of nitrogens with two attached hydrogens (primary N) is 1. The molecule has 2 heteroatoms. The standard InChI is InChI=1S/C13H22N2/c1-10-7-5-6-8-12(10)13(15(3)4)11(2)9-14/h5-8,11,13H,9,14H2,1-4H3. The molecule has 0 spiro atoms. The fraction of sp³-hybridized carbons (Fsp3) is 0.538. The predicted octanol–water partition coefficient (Wildman–Crippen LogP) is 2.19. The van der Waals surface area contributed by atoms with Crippen LogP contribution in [0.25, 0.3) is 0 Å². The van der Waals surface area contributed by atoms with E-state index in [9.17, 15) is 0 Å². The molecule has 0 radical (unpaired) electrons. The van der Waals surface area contributed by atoms with Crippen LogP contribution in [0.3, 0.4) is 0 Å². The van der Waals surface area contributed by atoms with Crippen LogP contribution < -0.4 is 5.73 Å². The second kappa shape index (κ2) is 5.29. The van der Waals surface area contributed by atoms with Crippen LogP contribution >= 0.6 is 0 Å². The Kier molecular flexibility index (Phi) is 4.30. The highest BCUT2D eigenvalue weighted by atomic mass is 15.1. The van der Waals surface area contributed by atoms with Gasteiger partial charge in [0.1, 0.15) is 0 Å². The van der Waals surface area contributed by atoms with Crippen LogP contribution in [-0.4, -0.2) is 25.5 Å². The van der Waals surface area contributed by atoms with Crippen LogP contribution in [-0.2, 0) is 0 Å². The second-order valence-corrected chi connectivity index (χ2v) is 4.48. The lowest BCUT2D eigenvalue weighted by molar-refractivity contribution is 0.227. The minimum Gasteiger partial charge on any atom is -0.330 e. The number of rotatable bonds is 4. The lowest BCUT2D eigenvalue weighted by Gasteiger charge is -2.31. The molecule has 2 nitrogen and oxygen atoms in total. The minimum atomic E-state index is 0.413. The van der Waals surface area contributed by atoms with E-state index in [4.69, 9.17) is 5.73 Å². The molecule has 0 aliphatic heterocycles. The highest BCUT2D eigenvalue weighted by Gasteiger charge is 2.21. The van der Waals surface area contributed by atoms with Crippen molar-refractivity contribution in [1.82, 2.24) is 4.90 Å². The van der Waals surface area contributed by atoms with Crippen LogP contribution in [0.1, 0.15) is 24.1 Å². The molecule has 1 aromatic rings. The third kappa shape index (κ3) is 2.80. The van der Waals surface area contributed by atoms with Crippen molar-refractivity contribution in [2.24, 2.45) is 11.7 Å². The summed E-state index contributed by atoms with van der Waals surface area (Å²) in [6.07, 6.45) is 0. The molecule has 0 aliphatic rings. The zero-order chi connectivity index (χ0) is 11.4. The van der Waals surface area contributed by atoms with Gasteiger partial charge in [-0.1, -0.05) is 31.2 Å². The average molecular weight is 206 g/mol. The van der Waals surface area contributed by atoms with Crippen molar-refractivity contribution in [2.45, 2.75) is 19.9 Å². The van der Waals surface area contributed by atoms with Crippen molar-refractivity contribution in [3.8, 4) is 0 Å². The summed E-state index contributed by atoms with van der Waals surface area (Å²) in [5.41, 5.74) is 8.50. The number of nitrogens with zero attached hydrogens (tertiary/aromatic N) is 1. The fourth-order valence-electron chi connectivity index (χ4n) is 2.14. The summed E-state index contributed by atoms with van der Waals surface area (Å²) in [7, 11) is 4.23. The van der Waals surface area contributed by atoms with Gasteiger partial charge in [0.05, 0.1) is 0 Å². The molecule has 0 saturated heterocycles. The van der Waals surface area contributed by atoms with E-state index in [1.165, 1.54) is 11.1 Å². The first-order chi connectivity index (χ1) is 7.07. The summed E-state index contributed by atoms with van der Waals surface area (Å²) in [5, 5.41) is 0. The van der Waals surface area contributed by atoms with Crippen LogP contribution in [0, 0.1) is 12.8 Å². The average Bonchev–Trinajstić information content (AvgIpc) is 2.20. The molecular formula is C13H22N2. The lowest BCUT2D eigenvalue weighted by Crippen LogP contribution is -2.30. The lowest BCUT2D eigenvalue weighted by atomic mass is 9.91. The van der Waals surface area contributed by atoms with E-state index in [2.05, 4.69) is 57.1 Å². The Morgan fingerprint density at radius 2 is 1.87 bits per heavy atom. The van der Waals surface area contributed by atoms with Crippen LogP contribution in [0.2, 0.25) is 0 Å². The summed E-state index contributed by atoms with van der Waals surface area (Å²) in [5.74, 6) is 0.473. The van der Waals surface area contributed by atoms with Crippen molar-refractivity contribution < 1.29 is 0 Å². The summed E-state index contributed by atoms with van der Waals surface area (Å²) in [6.45, 7) is 5.09. The molecule has 0 aliphatic carbocycles. The van der Waals surface area contributed by atoms with E-state index in [0.717, 1.165) is 6.54 Å². The normalized spacial score (nSPS) is 15.3. The van der Waals surface area contributed by atoms with E-state index in [0.29, 0.717) is 12.0 Å². The van der Waals surface area contributed by atoms with Gasteiger partial charge in [0.15, 0.2) is 0 Å². The number of hydrogen-bond donors (Lipinski definition) is 1. The molecule has 2 unspecified atom stereocenters. The van der Waals surface area contributed by atoms with Crippen LogP contribution in [0.5, 0.6) is 0 Å². The molecular weight excluding hydrogens is 184 g/mol. The fourth-order valence-corrected chi connectivity index (χ4v) is 2.14. The van der Waals surface area contributed by atoms with Gasteiger partial charge < -0.3 is 10.6 Å². The highest BCUT2D eigenvalue weighted by Crippen LogP contribution is 2.28. The monoisotopic (exact) mass is 206 g/mol. The Bertz CT molecular complexity index is 307. The maximum absolute atomic E-state index is 5.77.